The first kappa shape index (κ1) is 33.5. The molecule has 7 heteroatoms. The number of methoxy groups -OCH3 is 1. The molecule has 0 aliphatic carbocycles. The van der Waals surface area contributed by atoms with Crippen LogP contribution in [0.1, 0.15) is 62.3 Å². The zero-order valence-electron chi connectivity index (χ0n) is 27.7. The van der Waals surface area contributed by atoms with Crippen LogP contribution in [0.4, 0.5) is 0 Å². The zero-order chi connectivity index (χ0) is 32.9. The predicted molar refractivity (Wildman–Crippen MR) is 192 cm³/mol. The molecule has 0 fully saturated rings. The molecule has 1 aromatic heterocycles. The molecule has 0 bridgehead atoms. The van der Waals surface area contributed by atoms with E-state index in [-0.39, 0.29) is 17.0 Å². The molecule has 0 aliphatic heterocycles. The van der Waals surface area contributed by atoms with E-state index in [0.717, 1.165) is 17.3 Å². The number of rotatable bonds is 12. The molecule has 0 saturated carbocycles. The van der Waals surface area contributed by atoms with E-state index in [2.05, 4.69) is 112 Å². The Morgan fingerprint density at radius 2 is 1.43 bits per heavy atom. The number of carbonyl (C=O) groups excluding carboxylic acids is 1. The van der Waals surface area contributed by atoms with Crippen LogP contribution in [-0.4, -0.2) is 39.2 Å². The Bertz CT molecular complexity index is 1720. The fourth-order valence-corrected chi connectivity index (χ4v) is 11.4. The Labute approximate surface area is 279 Å². The summed E-state index contributed by atoms with van der Waals surface area (Å²) in [6.07, 6.45) is 1.45. The Hall–Kier alpha value is -3.84. The number of fused-ring (bicyclic) bond motifs is 1. The topological polar surface area (TPSA) is 49.7 Å². The molecule has 46 heavy (non-hydrogen) atoms. The van der Waals surface area contributed by atoms with E-state index in [4.69, 9.17) is 25.5 Å². The minimum Gasteiger partial charge on any atom is -0.493 e. The van der Waals surface area contributed by atoms with Gasteiger partial charge in [0.2, 0.25) is 0 Å². The van der Waals surface area contributed by atoms with Crippen molar-refractivity contribution in [3.63, 3.8) is 0 Å². The predicted octanol–water partition coefficient (Wildman–Crippen LogP) is 8.40. The minimum atomic E-state index is -2.69. The maximum absolute atomic E-state index is 11.9. The molecule has 5 rings (SSSR count). The van der Waals surface area contributed by atoms with Gasteiger partial charge in [-0.15, -0.1) is 0 Å². The van der Waals surface area contributed by atoms with Crippen molar-refractivity contribution in [3.05, 3.63) is 125 Å². The fraction of sp³-hybridized carbons (Fsp3) is 0.308. The van der Waals surface area contributed by atoms with Crippen molar-refractivity contribution in [2.24, 2.45) is 0 Å². The van der Waals surface area contributed by atoms with Crippen LogP contribution in [0.3, 0.4) is 0 Å². The number of hydrogen-bond acceptors (Lipinski definition) is 4. The Balaban J connectivity index is 1.48. The van der Waals surface area contributed by atoms with E-state index in [1.54, 1.807) is 24.3 Å². The molecule has 0 N–H and O–H groups in total. The highest BCUT2D eigenvalue weighted by Crippen LogP contribution is 2.38. The first-order valence-corrected chi connectivity index (χ1v) is 18.2. The molecule has 0 atom stereocenters. The summed E-state index contributed by atoms with van der Waals surface area (Å²) in [7, 11) is -1.31. The van der Waals surface area contributed by atoms with Crippen molar-refractivity contribution in [2.45, 2.75) is 58.5 Å². The van der Waals surface area contributed by atoms with Crippen molar-refractivity contribution >= 4 is 47.2 Å². The van der Waals surface area contributed by atoms with Gasteiger partial charge in [0.25, 0.3) is 8.32 Å². The molecule has 0 radical (unpaired) electrons. The summed E-state index contributed by atoms with van der Waals surface area (Å²) in [5.74, 6) is 0.338. The molecule has 240 valence electrons. The molecule has 5 aromatic rings. The molecule has 0 amide bonds. The molecule has 0 unspecified atom stereocenters. The van der Waals surface area contributed by atoms with Crippen molar-refractivity contribution in [3.8, 4) is 5.75 Å². The lowest BCUT2D eigenvalue weighted by Crippen LogP contribution is -2.66. The summed E-state index contributed by atoms with van der Waals surface area (Å²) in [6, 6.07) is 35.0. The summed E-state index contributed by atoms with van der Waals surface area (Å²) < 4.78 is 20.8. The molecule has 0 aliphatic rings. The number of ether oxygens (including phenoxy) is 2. The van der Waals surface area contributed by atoms with Crippen LogP contribution in [0.15, 0.2) is 103 Å². The molecular formula is C39H44ClNO4Si. The molecule has 5 nitrogen and oxygen atoms in total. The largest absolute Gasteiger partial charge is 0.493 e. The standard InChI is InChI=1S/C39H44ClNO4Si/c1-28(2)41-36-22-19-30(40)27-35(36)34(23-25-44-31-20-17-29(18-21-31)38(42)43-6)37(41)24-26-45-46(39(3,4)5,32-13-9-7-10-14-32)33-15-11-8-12-16-33/h7-22,27-28H,23-26H2,1-6H3. The van der Waals surface area contributed by atoms with E-state index in [1.807, 2.05) is 6.07 Å². The SMILES string of the molecule is COC(=O)c1ccc(OCCc2c(CCO[Si](c3ccccc3)(c3ccccc3)C(C)(C)C)n(C(C)C)c3ccc(Cl)cc23)cc1. The highest BCUT2D eigenvalue weighted by Gasteiger charge is 2.50. The lowest BCUT2D eigenvalue weighted by atomic mass is 10.1. The summed E-state index contributed by atoms with van der Waals surface area (Å²) >= 11 is 6.57. The average molecular weight is 654 g/mol. The first-order valence-electron chi connectivity index (χ1n) is 15.9. The Kier molecular flexibility index (Phi) is 10.4. The summed E-state index contributed by atoms with van der Waals surface area (Å²) in [6.45, 7) is 12.4. The number of nitrogens with zero attached hydrogens (tertiary/aromatic N) is 1. The van der Waals surface area contributed by atoms with Crippen LogP contribution in [-0.2, 0) is 22.0 Å². The van der Waals surface area contributed by atoms with Gasteiger partial charge in [0.05, 0.1) is 19.3 Å². The Morgan fingerprint density at radius 1 is 0.826 bits per heavy atom. The van der Waals surface area contributed by atoms with Crippen LogP contribution in [0.25, 0.3) is 10.9 Å². The van der Waals surface area contributed by atoms with Crippen LogP contribution >= 0.6 is 11.6 Å². The highest BCUT2D eigenvalue weighted by atomic mass is 35.5. The van der Waals surface area contributed by atoms with Gasteiger partial charge in [-0.3, -0.25) is 0 Å². The third-order valence-electron chi connectivity index (χ3n) is 8.67. The lowest BCUT2D eigenvalue weighted by molar-refractivity contribution is 0.0600. The van der Waals surface area contributed by atoms with Crippen molar-refractivity contribution in [1.82, 2.24) is 4.57 Å². The highest BCUT2D eigenvalue weighted by molar-refractivity contribution is 6.99. The number of carbonyl (C=O) groups is 1. The normalized spacial score (nSPS) is 12.1. The minimum absolute atomic E-state index is 0.103. The van der Waals surface area contributed by atoms with Crippen LogP contribution in [0.2, 0.25) is 10.1 Å². The van der Waals surface area contributed by atoms with Gasteiger partial charge in [-0.2, -0.15) is 0 Å². The number of aromatic nitrogens is 1. The lowest BCUT2D eigenvalue weighted by Gasteiger charge is -2.43. The third-order valence-corrected chi connectivity index (χ3v) is 13.9. The maximum Gasteiger partial charge on any atom is 0.337 e. The maximum atomic E-state index is 11.9. The van der Waals surface area contributed by atoms with Crippen LogP contribution in [0, 0.1) is 0 Å². The Morgan fingerprint density at radius 3 is 1.98 bits per heavy atom. The van der Waals surface area contributed by atoms with Gasteiger partial charge < -0.3 is 18.5 Å². The summed E-state index contributed by atoms with van der Waals surface area (Å²) in [5, 5.41) is 4.30. The van der Waals surface area contributed by atoms with E-state index in [1.165, 1.54) is 28.7 Å². The van der Waals surface area contributed by atoms with Crippen LogP contribution in [0.5, 0.6) is 5.75 Å². The fourth-order valence-electron chi connectivity index (χ4n) is 6.68. The van der Waals surface area contributed by atoms with E-state index in [9.17, 15) is 4.79 Å². The average Bonchev–Trinajstić information content (AvgIpc) is 3.35. The van der Waals surface area contributed by atoms with E-state index >= 15 is 0 Å². The molecule has 0 saturated heterocycles. The van der Waals surface area contributed by atoms with E-state index < -0.39 is 8.32 Å². The number of hydrogen-bond donors (Lipinski definition) is 0. The van der Waals surface area contributed by atoms with Crippen molar-refractivity contribution in [1.29, 1.82) is 0 Å². The summed E-state index contributed by atoms with van der Waals surface area (Å²) in [4.78, 5) is 11.9. The van der Waals surface area contributed by atoms with E-state index in [0.29, 0.717) is 36.0 Å². The second-order valence-electron chi connectivity index (χ2n) is 12.9. The van der Waals surface area contributed by atoms with Gasteiger partial charge in [0, 0.05) is 47.1 Å². The number of esters is 1. The second kappa shape index (κ2) is 14.3. The molecular weight excluding hydrogens is 610 g/mol. The number of benzene rings is 4. The monoisotopic (exact) mass is 653 g/mol. The second-order valence-corrected chi connectivity index (χ2v) is 17.7. The molecule has 0 spiro atoms. The molecule has 4 aromatic carbocycles. The van der Waals surface area contributed by atoms with Crippen LogP contribution < -0.4 is 15.1 Å². The molecule has 1 heterocycles. The van der Waals surface area contributed by atoms with Gasteiger partial charge in [-0.1, -0.05) is 93.0 Å². The van der Waals surface area contributed by atoms with Gasteiger partial charge in [-0.25, -0.2) is 4.79 Å². The zero-order valence-corrected chi connectivity index (χ0v) is 29.4. The van der Waals surface area contributed by atoms with Gasteiger partial charge >= 0.3 is 5.97 Å². The third kappa shape index (κ3) is 6.80. The van der Waals surface area contributed by atoms with Gasteiger partial charge in [0.1, 0.15) is 5.75 Å². The van der Waals surface area contributed by atoms with Crippen molar-refractivity contribution in [2.75, 3.05) is 20.3 Å². The summed E-state index contributed by atoms with van der Waals surface area (Å²) in [5.41, 5.74) is 4.13. The number of halogens is 1. The van der Waals surface area contributed by atoms with Gasteiger partial charge in [0.15, 0.2) is 0 Å². The first-order chi connectivity index (χ1) is 22.1. The van der Waals surface area contributed by atoms with Gasteiger partial charge in [-0.05, 0) is 77.3 Å². The smallest absolute Gasteiger partial charge is 0.337 e. The van der Waals surface area contributed by atoms with Crippen molar-refractivity contribution < 1.29 is 18.7 Å². The quantitative estimate of drug-likeness (QED) is 0.100.